The van der Waals surface area contributed by atoms with Crippen molar-refractivity contribution in [2.24, 2.45) is 0 Å². The van der Waals surface area contributed by atoms with Crippen LogP contribution in [0, 0.1) is 6.92 Å². The Bertz CT molecular complexity index is 250. The third-order valence-corrected chi connectivity index (χ3v) is 2.89. The van der Waals surface area contributed by atoms with Crippen LogP contribution in [0.25, 0.3) is 0 Å². The highest BCUT2D eigenvalue weighted by Gasteiger charge is 2.07. The maximum absolute atomic E-state index is 8.60. The minimum atomic E-state index is 0.247. The van der Waals surface area contributed by atoms with Crippen LogP contribution in [0.2, 0.25) is 0 Å². The molecule has 1 heterocycles. The second-order valence-electron chi connectivity index (χ2n) is 3.06. The van der Waals surface area contributed by atoms with Gasteiger partial charge >= 0.3 is 0 Å². The lowest BCUT2D eigenvalue weighted by molar-refractivity contribution is 0.284. The van der Waals surface area contributed by atoms with Gasteiger partial charge in [0.2, 0.25) is 0 Å². The van der Waals surface area contributed by atoms with Crippen LogP contribution < -0.4 is 5.32 Å². The average molecular weight is 200 g/mol. The summed E-state index contributed by atoms with van der Waals surface area (Å²) in [6.07, 6.45) is 2.69. The lowest BCUT2D eigenvalue weighted by atomic mass is 10.3. The number of aliphatic hydroxyl groups is 1. The molecule has 1 unspecified atom stereocenters. The van der Waals surface area contributed by atoms with E-state index in [1.165, 1.54) is 4.88 Å². The van der Waals surface area contributed by atoms with Gasteiger partial charge in [-0.2, -0.15) is 0 Å². The summed E-state index contributed by atoms with van der Waals surface area (Å²) in [6.45, 7) is 5.24. The average Bonchev–Trinajstić information content (AvgIpc) is 2.52. The molecule has 13 heavy (non-hydrogen) atoms. The fourth-order valence-corrected chi connectivity index (χ4v) is 1.86. The van der Waals surface area contributed by atoms with E-state index >= 15 is 0 Å². The van der Waals surface area contributed by atoms with E-state index in [1.807, 2.05) is 6.20 Å². The molecule has 1 aromatic rings. The first-order valence-corrected chi connectivity index (χ1v) is 5.32. The molecule has 0 aliphatic heterocycles. The molecule has 0 bridgehead atoms. The topological polar surface area (TPSA) is 45.2 Å². The van der Waals surface area contributed by atoms with E-state index in [9.17, 15) is 0 Å². The van der Waals surface area contributed by atoms with Crippen LogP contribution in [-0.2, 0) is 0 Å². The number of hydrogen-bond donors (Lipinski definition) is 2. The Morgan fingerprint density at radius 2 is 2.46 bits per heavy atom. The zero-order valence-corrected chi connectivity index (χ0v) is 8.90. The largest absolute Gasteiger partial charge is 0.396 e. The summed E-state index contributed by atoms with van der Waals surface area (Å²) in [4.78, 5) is 5.53. The molecule has 0 saturated carbocycles. The fourth-order valence-electron chi connectivity index (χ4n) is 1.06. The van der Waals surface area contributed by atoms with Crippen molar-refractivity contribution in [1.29, 1.82) is 0 Å². The first-order chi connectivity index (χ1) is 6.24. The van der Waals surface area contributed by atoms with Crippen LogP contribution in [0.3, 0.4) is 0 Å². The molecule has 1 atom stereocenters. The molecule has 0 radical (unpaired) electrons. The molecule has 0 fully saturated rings. The molecular formula is C9H16N2OS. The number of aryl methyl sites for hydroxylation is 1. The number of rotatable bonds is 5. The molecule has 0 saturated heterocycles. The molecule has 1 aromatic heterocycles. The summed E-state index contributed by atoms with van der Waals surface area (Å²) >= 11 is 1.72. The van der Waals surface area contributed by atoms with Crippen LogP contribution in [-0.4, -0.2) is 23.2 Å². The zero-order valence-electron chi connectivity index (χ0n) is 8.08. The van der Waals surface area contributed by atoms with Gasteiger partial charge in [0.25, 0.3) is 0 Å². The van der Waals surface area contributed by atoms with Gasteiger partial charge in [-0.05, 0) is 26.8 Å². The summed E-state index contributed by atoms with van der Waals surface area (Å²) in [5.74, 6) is 0. The van der Waals surface area contributed by atoms with E-state index < -0.39 is 0 Å². The highest BCUT2D eigenvalue weighted by Crippen LogP contribution is 2.18. The van der Waals surface area contributed by atoms with Crippen LogP contribution in [0.15, 0.2) is 6.20 Å². The van der Waals surface area contributed by atoms with Gasteiger partial charge in [0, 0.05) is 17.7 Å². The molecule has 0 aromatic carbocycles. The third kappa shape index (κ3) is 3.42. The van der Waals surface area contributed by atoms with Crippen molar-refractivity contribution < 1.29 is 5.11 Å². The summed E-state index contributed by atoms with van der Waals surface area (Å²) in [6, 6.07) is 0.297. The van der Waals surface area contributed by atoms with E-state index in [0.717, 1.165) is 18.0 Å². The summed E-state index contributed by atoms with van der Waals surface area (Å²) in [5, 5.41) is 13.0. The smallest absolute Gasteiger partial charge is 0.109 e. The monoisotopic (exact) mass is 200 g/mol. The summed E-state index contributed by atoms with van der Waals surface area (Å²) in [7, 11) is 0. The summed E-state index contributed by atoms with van der Waals surface area (Å²) < 4.78 is 0. The molecule has 2 N–H and O–H groups in total. The first kappa shape index (κ1) is 10.6. The van der Waals surface area contributed by atoms with Gasteiger partial charge in [-0.15, -0.1) is 11.3 Å². The normalized spacial score (nSPS) is 13.2. The van der Waals surface area contributed by atoms with Gasteiger partial charge < -0.3 is 10.4 Å². The van der Waals surface area contributed by atoms with Gasteiger partial charge in [-0.1, -0.05) is 0 Å². The second-order valence-corrected chi connectivity index (χ2v) is 4.33. The number of hydrogen-bond acceptors (Lipinski definition) is 4. The predicted molar refractivity (Wildman–Crippen MR) is 55.0 cm³/mol. The van der Waals surface area contributed by atoms with Gasteiger partial charge in [-0.25, -0.2) is 4.98 Å². The van der Waals surface area contributed by atoms with Crippen LogP contribution in [0.5, 0.6) is 0 Å². The number of nitrogens with one attached hydrogen (secondary N) is 1. The Balaban J connectivity index is 2.35. The van der Waals surface area contributed by atoms with E-state index in [4.69, 9.17) is 5.11 Å². The van der Waals surface area contributed by atoms with E-state index in [2.05, 4.69) is 24.1 Å². The standard InChI is InChI=1S/C9H16N2OS/c1-7-6-11-9(13-7)8(2)10-4-3-5-12/h6,8,10,12H,3-5H2,1-2H3. The Labute approximate surface area is 82.8 Å². The van der Waals surface area contributed by atoms with Crippen LogP contribution in [0.1, 0.15) is 29.3 Å². The molecule has 1 rings (SSSR count). The van der Waals surface area contributed by atoms with Crippen molar-refractivity contribution in [3.8, 4) is 0 Å². The molecule has 0 aliphatic rings. The predicted octanol–water partition coefficient (Wildman–Crippen LogP) is 1.48. The first-order valence-electron chi connectivity index (χ1n) is 4.50. The summed E-state index contributed by atoms with van der Waals surface area (Å²) in [5.41, 5.74) is 0. The number of aromatic nitrogens is 1. The van der Waals surface area contributed by atoms with E-state index in [1.54, 1.807) is 11.3 Å². The maximum atomic E-state index is 8.60. The van der Waals surface area contributed by atoms with Gasteiger partial charge in [0.1, 0.15) is 5.01 Å². The SMILES string of the molecule is Cc1cnc(C(C)NCCCO)s1. The van der Waals surface area contributed by atoms with Crippen LogP contribution >= 0.6 is 11.3 Å². The van der Waals surface area contributed by atoms with E-state index in [0.29, 0.717) is 6.04 Å². The molecule has 74 valence electrons. The molecule has 3 nitrogen and oxygen atoms in total. The number of thiazole rings is 1. The van der Waals surface area contributed by atoms with Gasteiger partial charge in [0.05, 0.1) is 6.04 Å². The Morgan fingerprint density at radius 1 is 1.69 bits per heavy atom. The van der Waals surface area contributed by atoms with Crippen molar-refractivity contribution in [3.05, 3.63) is 16.1 Å². The van der Waals surface area contributed by atoms with E-state index in [-0.39, 0.29) is 6.61 Å². The highest BCUT2D eigenvalue weighted by molar-refractivity contribution is 7.11. The Morgan fingerprint density at radius 3 is 3.00 bits per heavy atom. The lowest BCUT2D eigenvalue weighted by Crippen LogP contribution is -2.20. The Hall–Kier alpha value is -0.450. The van der Waals surface area contributed by atoms with Gasteiger partial charge in [-0.3, -0.25) is 0 Å². The quantitative estimate of drug-likeness (QED) is 0.708. The lowest BCUT2D eigenvalue weighted by Gasteiger charge is -2.09. The maximum Gasteiger partial charge on any atom is 0.109 e. The second kappa shape index (κ2) is 5.32. The van der Waals surface area contributed by atoms with Crippen molar-refractivity contribution >= 4 is 11.3 Å². The molecule has 0 amide bonds. The highest BCUT2D eigenvalue weighted by atomic mass is 32.1. The zero-order chi connectivity index (χ0) is 9.68. The van der Waals surface area contributed by atoms with Gasteiger partial charge in [0.15, 0.2) is 0 Å². The molecule has 4 heteroatoms. The van der Waals surface area contributed by atoms with Crippen molar-refractivity contribution in [1.82, 2.24) is 10.3 Å². The molecular weight excluding hydrogens is 184 g/mol. The number of aliphatic hydroxyl groups excluding tert-OH is 1. The molecule has 0 aliphatic carbocycles. The Kier molecular flexibility index (Phi) is 4.35. The third-order valence-electron chi connectivity index (χ3n) is 1.79. The van der Waals surface area contributed by atoms with Crippen molar-refractivity contribution in [3.63, 3.8) is 0 Å². The number of nitrogens with zero attached hydrogens (tertiary/aromatic N) is 1. The minimum absolute atomic E-state index is 0.247. The molecule has 0 spiro atoms. The van der Waals surface area contributed by atoms with Crippen molar-refractivity contribution in [2.75, 3.05) is 13.2 Å². The fraction of sp³-hybridized carbons (Fsp3) is 0.667. The minimum Gasteiger partial charge on any atom is -0.396 e. The van der Waals surface area contributed by atoms with Crippen LogP contribution in [0.4, 0.5) is 0 Å². The van der Waals surface area contributed by atoms with Crippen molar-refractivity contribution in [2.45, 2.75) is 26.3 Å².